The smallest absolute Gasteiger partial charge is 0.356 e. The summed E-state index contributed by atoms with van der Waals surface area (Å²) < 4.78 is 23.4. The molecule has 19 nitrogen and oxygen atoms in total. The minimum atomic E-state index is -0.694. The maximum atomic E-state index is 13.4. The number of carbonyl (C=O) groups excluding carboxylic acids is 5. The van der Waals surface area contributed by atoms with Crippen molar-refractivity contribution in [1.82, 2.24) is 29.2 Å². The van der Waals surface area contributed by atoms with Gasteiger partial charge in [-0.05, 0) is 119 Å². The van der Waals surface area contributed by atoms with Gasteiger partial charge in [-0.2, -0.15) is 19.2 Å². The molecular weight excluding hydrogens is 852 g/mol. The van der Waals surface area contributed by atoms with Crippen molar-refractivity contribution >= 4 is 71.1 Å². The van der Waals surface area contributed by atoms with Crippen LogP contribution in [0.1, 0.15) is 140 Å². The van der Waals surface area contributed by atoms with Gasteiger partial charge in [0.2, 0.25) is 5.91 Å². The van der Waals surface area contributed by atoms with E-state index >= 15 is 0 Å². The van der Waals surface area contributed by atoms with Crippen molar-refractivity contribution in [1.29, 1.82) is 0 Å². The zero-order valence-electron chi connectivity index (χ0n) is 37.6. The van der Waals surface area contributed by atoms with Crippen LogP contribution in [0.15, 0.2) is 36.7 Å². The summed E-state index contributed by atoms with van der Waals surface area (Å²) in [7, 11) is 2.57. The Morgan fingerprint density at radius 2 is 1.00 bits per heavy atom. The van der Waals surface area contributed by atoms with E-state index in [4.69, 9.17) is 19.9 Å². The van der Waals surface area contributed by atoms with E-state index in [-0.39, 0.29) is 41.6 Å². The number of esters is 4. The fourth-order valence-electron chi connectivity index (χ4n) is 9.02. The van der Waals surface area contributed by atoms with Crippen LogP contribution in [0, 0.1) is 21.7 Å². The van der Waals surface area contributed by atoms with Crippen LogP contribution in [0.25, 0.3) is 11.3 Å². The molecule has 10 rings (SSSR count). The number of nitrogens with one attached hydrogen (secondary N) is 1. The van der Waals surface area contributed by atoms with E-state index in [1.807, 2.05) is 41.5 Å². The highest BCUT2D eigenvalue weighted by atomic mass is 35.5. The van der Waals surface area contributed by atoms with E-state index in [0.29, 0.717) is 100.0 Å². The van der Waals surface area contributed by atoms with Crippen LogP contribution < -0.4 is 11.1 Å². The molecule has 4 aromatic rings. The lowest BCUT2D eigenvalue weighted by molar-refractivity contribution is -0.183. The van der Waals surface area contributed by atoms with Crippen molar-refractivity contribution < 1.29 is 52.8 Å². The fourth-order valence-corrected chi connectivity index (χ4v) is 9.02. The minimum absolute atomic E-state index is 0. The number of amides is 1. The van der Waals surface area contributed by atoms with Crippen molar-refractivity contribution in [3.63, 3.8) is 0 Å². The lowest BCUT2D eigenvalue weighted by atomic mass is 9.53. The molecule has 4 heterocycles. The molecule has 4 N–H and O–H groups in total. The molecule has 4 aromatic heterocycles. The number of nitrogen functional groups attached to an aromatic ring is 1. The van der Waals surface area contributed by atoms with Gasteiger partial charge >= 0.3 is 29.8 Å². The summed E-state index contributed by atoms with van der Waals surface area (Å²) in [6.07, 6.45) is 10.7. The van der Waals surface area contributed by atoms with Gasteiger partial charge in [0.1, 0.15) is 22.8 Å². The Kier molecular flexibility index (Phi) is 14.1. The minimum Gasteiger partial charge on any atom is -0.481 e. The van der Waals surface area contributed by atoms with Crippen LogP contribution in [0.4, 0.5) is 11.6 Å². The number of carboxylic acid groups (broad SMARTS) is 1. The number of hydrogen-bond donors (Lipinski definition) is 3. The predicted octanol–water partition coefficient (Wildman–Crippen LogP) is 6.41. The number of fused-ring (bicyclic) bond motifs is 8. The van der Waals surface area contributed by atoms with E-state index < -0.39 is 50.8 Å². The molecule has 6 aliphatic rings. The summed E-state index contributed by atoms with van der Waals surface area (Å²) in [5.41, 5.74) is 3.88. The van der Waals surface area contributed by atoms with E-state index in [1.165, 1.54) is 35.4 Å². The Labute approximate surface area is 376 Å². The molecule has 64 heavy (non-hydrogen) atoms. The monoisotopic (exact) mass is 910 g/mol. The van der Waals surface area contributed by atoms with Crippen LogP contribution in [0.3, 0.4) is 0 Å². The summed E-state index contributed by atoms with van der Waals surface area (Å²) in [5.74, 6) is -1.48. The third-order valence-corrected chi connectivity index (χ3v) is 12.9. The molecule has 0 radical (unpaired) electrons. The van der Waals surface area contributed by atoms with Gasteiger partial charge in [-0.1, -0.05) is 0 Å². The van der Waals surface area contributed by atoms with E-state index in [0.717, 1.165) is 0 Å². The van der Waals surface area contributed by atoms with Gasteiger partial charge in [0.05, 0.1) is 42.9 Å². The molecular formula is C44H59ClN8O11. The molecule has 0 aromatic carbocycles. The molecule has 0 aliphatic heterocycles. The van der Waals surface area contributed by atoms with Crippen molar-refractivity contribution in [2.75, 3.05) is 25.3 Å². The third kappa shape index (κ3) is 10.1. The van der Waals surface area contributed by atoms with E-state index in [1.54, 1.807) is 24.5 Å². The number of halogens is 1. The summed E-state index contributed by atoms with van der Waals surface area (Å²) in [4.78, 5) is 81.2. The molecule has 0 saturated heterocycles. The highest BCUT2D eigenvalue weighted by Gasteiger charge is 2.58. The SMILES string of the molecule is CC(C)(C)OC(=O)C12CCC(C(=O)O)(CC1)CC2.COC(=O)c1cc(N)n2nccc2n1.COC(=O)c1cc(NC(=O)C23CCC(C(=O)OC(C)(C)C)(CC2)CC3)n2nccc2n1.Cl. The fraction of sp³-hybridized carbons (Fsp3) is 0.591. The lowest BCUT2D eigenvalue weighted by Gasteiger charge is -2.51. The zero-order chi connectivity index (χ0) is 46.2. The number of nitrogens with zero attached hydrogens (tertiary/aromatic N) is 6. The number of hydrogen-bond acceptors (Lipinski definition) is 15. The topological polar surface area (TPSA) is 258 Å². The van der Waals surface area contributed by atoms with Crippen molar-refractivity contribution in [2.45, 2.75) is 130 Å². The Hall–Kier alpha value is -5.85. The first-order valence-corrected chi connectivity index (χ1v) is 21.1. The molecule has 6 fully saturated rings. The van der Waals surface area contributed by atoms with Gasteiger partial charge in [-0.3, -0.25) is 19.2 Å². The summed E-state index contributed by atoms with van der Waals surface area (Å²) in [5, 5.41) is 20.4. The number of carboxylic acids is 1. The van der Waals surface area contributed by atoms with Gasteiger partial charge < -0.3 is 35.1 Å². The number of methoxy groups -OCH3 is 2. The largest absolute Gasteiger partial charge is 0.481 e. The van der Waals surface area contributed by atoms with Crippen LogP contribution in [-0.2, 0) is 38.1 Å². The molecule has 0 unspecified atom stereocenters. The lowest BCUT2D eigenvalue weighted by Crippen LogP contribution is -2.52. The molecule has 348 valence electrons. The Balaban J connectivity index is 0.000000198. The van der Waals surface area contributed by atoms with Crippen molar-refractivity contribution in [2.24, 2.45) is 21.7 Å². The summed E-state index contributed by atoms with van der Waals surface area (Å²) >= 11 is 0. The highest BCUT2D eigenvalue weighted by Crippen LogP contribution is 2.59. The second-order valence-corrected chi connectivity index (χ2v) is 19.2. The van der Waals surface area contributed by atoms with Crippen LogP contribution in [0.2, 0.25) is 0 Å². The Morgan fingerprint density at radius 1 is 0.625 bits per heavy atom. The van der Waals surface area contributed by atoms with Crippen molar-refractivity contribution in [3.05, 3.63) is 48.0 Å². The number of rotatable bonds is 7. The maximum Gasteiger partial charge on any atom is 0.356 e. The highest BCUT2D eigenvalue weighted by molar-refractivity contribution is 5.97. The number of ether oxygens (including phenoxy) is 4. The third-order valence-electron chi connectivity index (χ3n) is 12.9. The molecule has 0 spiro atoms. The number of anilines is 2. The van der Waals surface area contributed by atoms with Gasteiger partial charge in [-0.25, -0.2) is 19.6 Å². The second-order valence-electron chi connectivity index (χ2n) is 19.2. The molecule has 6 saturated carbocycles. The average molecular weight is 911 g/mol. The van der Waals surface area contributed by atoms with Crippen LogP contribution >= 0.6 is 12.4 Å². The standard InChI is InChI=1S/C22H28N4O5.C14H22O4.C8H8N4O2.ClH/c1-20(2,3)31-19(29)22-9-6-21(7-10-22,8-11-22)18(28)25-16-13-14(17(27)30-4)24-15-5-12-23-26(15)16;1-12(2,3)18-11(17)14-7-4-13(5-8-14,6-9-14)10(15)16;1-14-8(13)5-4-6(9)12-7(11-5)2-3-10-12;/h5,12-13H,6-11H2,1-4H3,(H,25,28);4-9H2,1-3H3,(H,15,16);2-4H,9H2,1H3;1H. The first kappa shape index (κ1) is 49.2. The van der Waals surface area contributed by atoms with Crippen molar-refractivity contribution in [3.8, 4) is 0 Å². The molecule has 4 bridgehead atoms. The Bertz CT molecular complexity index is 2380. The number of aliphatic carboxylic acids is 1. The summed E-state index contributed by atoms with van der Waals surface area (Å²) in [6.45, 7) is 11.2. The van der Waals surface area contributed by atoms with Crippen LogP contribution in [-0.4, -0.2) is 95.5 Å². The van der Waals surface area contributed by atoms with Gasteiger partial charge in [0, 0.05) is 29.7 Å². The quantitative estimate of drug-likeness (QED) is 0.134. The zero-order valence-corrected chi connectivity index (χ0v) is 38.5. The van der Waals surface area contributed by atoms with E-state index in [9.17, 15) is 33.9 Å². The number of carbonyl (C=O) groups is 6. The maximum absolute atomic E-state index is 13.4. The molecule has 6 aliphatic carbocycles. The van der Waals surface area contributed by atoms with E-state index in [2.05, 4.69) is 30.2 Å². The first-order valence-electron chi connectivity index (χ1n) is 21.1. The average Bonchev–Trinajstić information content (AvgIpc) is 3.94. The predicted molar refractivity (Wildman–Crippen MR) is 233 cm³/mol. The van der Waals surface area contributed by atoms with Crippen LogP contribution in [0.5, 0.6) is 0 Å². The molecule has 0 atom stereocenters. The van der Waals surface area contributed by atoms with Gasteiger partial charge in [0.25, 0.3) is 0 Å². The molecule has 20 heteroatoms. The van der Waals surface area contributed by atoms with Gasteiger partial charge in [0.15, 0.2) is 22.7 Å². The normalized spacial score (nSPS) is 24.4. The number of aromatic nitrogens is 6. The Morgan fingerprint density at radius 3 is 1.41 bits per heavy atom. The first-order chi connectivity index (χ1) is 29.5. The molecule has 1 amide bonds. The second kappa shape index (κ2) is 18.3. The van der Waals surface area contributed by atoms with Gasteiger partial charge in [-0.15, -0.1) is 12.4 Å². The summed E-state index contributed by atoms with van der Waals surface area (Å²) in [6, 6.07) is 6.20. The number of nitrogens with two attached hydrogens (primary N) is 1.